The van der Waals surface area contributed by atoms with E-state index in [1.54, 1.807) is 6.07 Å². The maximum atomic E-state index is 13.4. The SMILES string of the molecule is CC(=O)c1cc(F)ccc1N1CCCC1C1CCCC1. The molecule has 20 heavy (non-hydrogen) atoms. The molecule has 0 aromatic heterocycles. The minimum Gasteiger partial charge on any atom is -0.368 e. The second-order valence-electron chi connectivity index (χ2n) is 6.17. The van der Waals surface area contributed by atoms with Gasteiger partial charge in [0, 0.05) is 23.8 Å². The predicted molar refractivity (Wildman–Crippen MR) is 78.7 cm³/mol. The van der Waals surface area contributed by atoms with Gasteiger partial charge in [-0.15, -0.1) is 0 Å². The van der Waals surface area contributed by atoms with E-state index in [4.69, 9.17) is 0 Å². The van der Waals surface area contributed by atoms with Crippen LogP contribution < -0.4 is 4.90 Å². The molecule has 1 aromatic rings. The van der Waals surface area contributed by atoms with Crippen molar-refractivity contribution in [2.75, 3.05) is 11.4 Å². The van der Waals surface area contributed by atoms with E-state index >= 15 is 0 Å². The summed E-state index contributed by atoms with van der Waals surface area (Å²) in [7, 11) is 0. The number of Topliss-reactive ketones (excluding diaryl/α,β-unsaturated/α-hetero) is 1. The quantitative estimate of drug-likeness (QED) is 0.771. The van der Waals surface area contributed by atoms with Crippen LogP contribution in [-0.4, -0.2) is 18.4 Å². The molecule has 2 aliphatic rings. The van der Waals surface area contributed by atoms with Crippen LogP contribution in [0.1, 0.15) is 55.8 Å². The van der Waals surface area contributed by atoms with Gasteiger partial charge < -0.3 is 4.90 Å². The average Bonchev–Trinajstić information content (AvgIpc) is 3.09. The molecule has 1 aromatic carbocycles. The molecule has 0 radical (unpaired) electrons. The standard InChI is InChI=1S/C17H22FNO/c1-12(20)15-11-14(18)8-9-17(15)19-10-4-7-16(19)13-5-2-3-6-13/h8-9,11,13,16H,2-7,10H2,1H3. The molecule has 3 heteroatoms. The summed E-state index contributed by atoms with van der Waals surface area (Å²) in [6.45, 7) is 2.52. The van der Waals surface area contributed by atoms with Gasteiger partial charge in [-0.2, -0.15) is 0 Å². The van der Waals surface area contributed by atoms with E-state index in [1.807, 2.05) is 0 Å². The lowest BCUT2D eigenvalue weighted by Gasteiger charge is -2.32. The van der Waals surface area contributed by atoms with Gasteiger partial charge in [-0.25, -0.2) is 4.39 Å². The summed E-state index contributed by atoms with van der Waals surface area (Å²) in [5.41, 5.74) is 1.48. The maximum absolute atomic E-state index is 13.4. The Bertz CT molecular complexity index is 508. The Labute approximate surface area is 120 Å². The van der Waals surface area contributed by atoms with Crippen molar-refractivity contribution in [3.8, 4) is 0 Å². The van der Waals surface area contributed by atoms with Crippen molar-refractivity contribution in [3.05, 3.63) is 29.6 Å². The average molecular weight is 275 g/mol. The molecular weight excluding hydrogens is 253 g/mol. The molecule has 1 saturated heterocycles. The number of carbonyl (C=O) groups excluding carboxylic acids is 1. The topological polar surface area (TPSA) is 20.3 Å². The molecule has 1 aliphatic heterocycles. The number of anilines is 1. The number of halogens is 1. The third kappa shape index (κ3) is 2.46. The lowest BCUT2D eigenvalue weighted by Crippen LogP contribution is -2.35. The van der Waals surface area contributed by atoms with Gasteiger partial charge in [-0.3, -0.25) is 4.79 Å². The predicted octanol–water partition coefficient (Wildman–Crippen LogP) is 4.19. The third-order valence-electron chi connectivity index (χ3n) is 4.89. The minimum absolute atomic E-state index is 0.0448. The van der Waals surface area contributed by atoms with Crippen molar-refractivity contribution in [2.24, 2.45) is 5.92 Å². The molecule has 2 nitrogen and oxygen atoms in total. The van der Waals surface area contributed by atoms with Gasteiger partial charge in [-0.05, 0) is 56.7 Å². The summed E-state index contributed by atoms with van der Waals surface area (Å²) >= 11 is 0. The zero-order chi connectivity index (χ0) is 14.1. The van der Waals surface area contributed by atoms with Crippen LogP contribution in [-0.2, 0) is 0 Å². The molecule has 1 unspecified atom stereocenters. The fourth-order valence-corrected chi connectivity index (χ4v) is 3.96. The summed E-state index contributed by atoms with van der Waals surface area (Å²) in [4.78, 5) is 14.2. The molecule has 1 aliphatic carbocycles. The van der Waals surface area contributed by atoms with E-state index in [2.05, 4.69) is 4.90 Å². The van der Waals surface area contributed by atoms with Gasteiger partial charge in [-0.1, -0.05) is 12.8 Å². The first-order valence-electron chi connectivity index (χ1n) is 7.74. The van der Waals surface area contributed by atoms with Gasteiger partial charge in [0.2, 0.25) is 0 Å². The highest BCUT2D eigenvalue weighted by atomic mass is 19.1. The van der Waals surface area contributed by atoms with E-state index in [1.165, 1.54) is 57.6 Å². The van der Waals surface area contributed by atoms with Crippen molar-refractivity contribution in [3.63, 3.8) is 0 Å². The lowest BCUT2D eigenvalue weighted by molar-refractivity contribution is 0.101. The fraction of sp³-hybridized carbons (Fsp3) is 0.588. The van der Waals surface area contributed by atoms with Gasteiger partial charge in [0.25, 0.3) is 0 Å². The second kappa shape index (κ2) is 5.55. The molecule has 0 amide bonds. The Balaban J connectivity index is 1.92. The van der Waals surface area contributed by atoms with Crippen molar-refractivity contribution in [2.45, 2.75) is 51.5 Å². The van der Waals surface area contributed by atoms with Gasteiger partial charge in [0.15, 0.2) is 5.78 Å². The second-order valence-corrected chi connectivity index (χ2v) is 6.17. The largest absolute Gasteiger partial charge is 0.368 e. The van der Waals surface area contributed by atoms with Crippen LogP contribution in [0.5, 0.6) is 0 Å². The number of carbonyl (C=O) groups is 1. The molecule has 0 bridgehead atoms. The van der Waals surface area contributed by atoms with Crippen LogP contribution in [0.25, 0.3) is 0 Å². The number of hydrogen-bond donors (Lipinski definition) is 0. The molecule has 3 rings (SSSR count). The monoisotopic (exact) mass is 275 g/mol. The van der Waals surface area contributed by atoms with E-state index in [0.717, 1.165) is 18.2 Å². The normalized spacial score (nSPS) is 23.5. The number of hydrogen-bond acceptors (Lipinski definition) is 2. The first-order chi connectivity index (χ1) is 9.66. The molecule has 0 N–H and O–H groups in total. The Hall–Kier alpha value is -1.38. The van der Waals surface area contributed by atoms with Crippen LogP contribution >= 0.6 is 0 Å². The Morgan fingerprint density at radius 3 is 2.65 bits per heavy atom. The fourth-order valence-electron chi connectivity index (χ4n) is 3.96. The summed E-state index contributed by atoms with van der Waals surface area (Å²) in [5.74, 6) is 0.384. The number of nitrogens with zero attached hydrogens (tertiary/aromatic N) is 1. The van der Waals surface area contributed by atoms with Crippen molar-refractivity contribution < 1.29 is 9.18 Å². The molecule has 0 spiro atoms. The van der Waals surface area contributed by atoms with E-state index in [0.29, 0.717) is 11.6 Å². The smallest absolute Gasteiger partial charge is 0.161 e. The first kappa shape index (κ1) is 13.6. The van der Waals surface area contributed by atoms with E-state index < -0.39 is 0 Å². The molecule has 1 heterocycles. The zero-order valence-corrected chi connectivity index (χ0v) is 12.1. The van der Waals surface area contributed by atoms with E-state index in [9.17, 15) is 9.18 Å². The summed E-state index contributed by atoms with van der Waals surface area (Å²) in [6.07, 6.45) is 7.65. The molecule has 1 saturated carbocycles. The van der Waals surface area contributed by atoms with Gasteiger partial charge in [0.05, 0.1) is 0 Å². The minimum atomic E-state index is -0.324. The third-order valence-corrected chi connectivity index (χ3v) is 4.89. The summed E-state index contributed by atoms with van der Waals surface area (Å²) in [5, 5.41) is 0. The van der Waals surface area contributed by atoms with Gasteiger partial charge >= 0.3 is 0 Å². The number of benzene rings is 1. The van der Waals surface area contributed by atoms with Crippen LogP contribution in [0.2, 0.25) is 0 Å². The molecule has 108 valence electrons. The van der Waals surface area contributed by atoms with Gasteiger partial charge in [0.1, 0.15) is 5.82 Å². The lowest BCUT2D eigenvalue weighted by atomic mass is 9.95. The summed E-state index contributed by atoms with van der Waals surface area (Å²) < 4.78 is 13.4. The van der Waals surface area contributed by atoms with Crippen LogP contribution in [0.15, 0.2) is 18.2 Å². The highest BCUT2D eigenvalue weighted by Crippen LogP contribution is 2.39. The van der Waals surface area contributed by atoms with Crippen LogP contribution in [0, 0.1) is 11.7 Å². The van der Waals surface area contributed by atoms with Crippen molar-refractivity contribution >= 4 is 11.5 Å². The Kier molecular flexibility index (Phi) is 3.77. The highest BCUT2D eigenvalue weighted by molar-refractivity contribution is 5.99. The number of rotatable bonds is 3. The zero-order valence-electron chi connectivity index (χ0n) is 12.1. The maximum Gasteiger partial charge on any atom is 0.161 e. The molecular formula is C17H22FNO. The number of ketones is 1. The summed E-state index contributed by atoms with van der Waals surface area (Å²) in [6, 6.07) is 5.20. The van der Waals surface area contributed by atoms with E-state index in [-0.39, 0.29) is 11.6 Å². The van der Waals surface area contributed by atoms with Crippen LogP contribution in [0.3, 0.4) is 0 Å². The Morgan fingerprint density at radius 2 is 1.95 bits per heavy atom. The highest BCUT2D eigenvalue weighted by Gasteiger charge is 2.34. The molecule has 2 fully saturated rings. The van der Waals surface area contributed by atoms with Crippen molar-refractivity contribution in [1.82, 2.24) is 0 Å². The van der Waals surface area contributed by atoms with Crippen LogP contribution in [0.4, 0.5) is 10.1 Å². The first-order valence-corrected chi connectivity index (χ1v) is 7.74. The Morgan fingerprint density at radius 1 is 1.20 bits per heavy atom. The van der Waals surface area contributed by atoms with Crippen molar-refractivity contribution in [1.29, 1.82) is 0 Å². The molecule has 1 atom stereocenters.